The van der Waals surface area contributed by atoms with Crippen molar-refractivity contribution in [3.8, 4) is 0 Å². The molecule has 0 unspecified atom stereocenters. The lowest BCUT2D eigenvalue weighted by atomic mass is 9.80. The summed E-state index contributed by atoms with van der Waals surface area (Å²) in [4.78, 5) is 2.41. The van der Waals surface area contributed by atoms with E-state index in [-0.39, 0.29) is 24.8 Å². The molecule has 1 aliphatic rings. The Bertz CT molecular complexity index is 129. The normalized spacial score (nSPS) is 19.7. The van der Waals surface area contributed by atoms with Crippen molar-refractivity contribution in [3.05, 3.63) is 0 Å². The van der Waals surface area contributed by atoms with Crippen molar-refractivity contribution in [2.75, 3.05) is 27.7 Å². The predicted octanol–water partition coefficient (Wildman–Crippen LogP) is 2.31. The minimum Gasteiger partial charge on any atom is -0.318 e. The van der Waals surface area contributed by atoms with Crippen LogP contribution in [0.1, 0.15) is 32.1 Å². The summed E-state index contributed by atoms with van der Waals surface area (Å²) in [5, 5.41) is 3.32. The Labute approximate surface area is 101 Å². The second-order valence-electron chi connectivity index (χ2n) is 4.21. The molecular weight excluding hydrogens is 219 g/mol. The number of hydrogen-bond acceptors (Lipinski definition) is 2. The minimum absolute atomic E-state index is 0. The molecular formula is C10H24Cl2N2. The summed E-state index contributed by atoms with van der Waals surface area (Å²) in [6.07, 6.45) is 6.96. The second-order valence-corrected chi connectivity index (χ2v) is 4.21. The topological polar surface area (TPSA) is 15.3 Å². The van der Waals surface area contributed by atoms with Gasteiger partial charge in [-0.05, 0) is 34.0 Å². The van der Waals surface area contributed by atoms with Crippen molar-refractivity contribution in [1.29, 1.82) is 0 Å². The van der Waals surface area contributed by atoms with E-state index in [1.807, 2.05) is 0 Å². The first kappa shape index (κ1) is 16.9. The Hall–Kier alpha value is 0.500. The van der Waals surface area contributed by atoms with Crippen LogP contribution in [0.3, 0.4) is 0 Å². The molecule has 0 bridgehead atoms. The van der Waals surface area contributed by atoms with Crippen LogP contribution in [0.4, 0.5) is 0 Å². The van der Waals surface area contributed by atoms with E-state index in [1.54, 1.807) is 0 Å². The van der Waals surface area contributed by atoms with Gasteiger partial charge in [0.05, 0.1) is 0 Å². The van der Waals surface area contributed by atoms with Crippen LogP contribution in [-0.4, -0.2) is 38.1 Å². The molecule has 0 spiro atoms. The number of likely N-dealkylation sites (N-methyl/N-ethyl adjacent to an activating group) is 2. The van der Waals surface area contributed by atoms with Gasteiger partial charge in [-0.2, -0.15) is 0 Å². The third-order valence-electron chi connectivity index (χ3n) is 3.24. The van der Waals surface area contributed by atoms with Gasteiger partial charge in [-0.15, -0.1) is 24.8 Å². The van der Waals surface area contributed by atoms with Crippen molar-refractivity contribution >= 4 is 24.8 Å². The minimum atomic E-state index is 0. The lowest BCUT2D eigenvalue weighted by Crippen LogP contribution is -2.52. The standard InChI is InChI=1S/C10H22N2.2ClH/c1-11-9-10(12(2)3)7-5-4-6-8-10;;/h11H,4-9H2,1-3H3;2*1H. The summed E-state index contributed by atoms with van der Waals surface area (Å²) in [7, 11) is 6.48. The Morgan fingerprint density at radius 1 is 1.07 bits per heavy atom. The molecule has 1 N–H and O–H groups in total. The maximum absolute atomic E-state index is 3.32. The highest BCUT2D eigenvalue weighted by atomic mass is 35.5. The number of halogens is 2. The third-order valence-corrected chi connectivity index (χ3v) is 3.24. The molecule has 0 aromatic rings. The van der Waals surface area contributed by atoms with Gasteiger partial charge in [-0.25, -0.2) is 0 Å². The zero-order chi connectivity index (χ0) is 9.03. The first-order valence-electron chi connectivity index (χ1n) is 5.03. The Balaban J connectivity index is 0. The highest BCUT2D eigenvalue weighted by Crippen LogP contribution is 2.31. The van der Waals surface area contributed by atoms with E-state index in [0.29, 0.717) is 5.54 Å². The molecule has 2 nitrogen and oxygen atoms in total. The first-order valence-corrected chi connectivity index (χ1v) is 5.03. The Morgan fingerprint density at radius 2 is 1.57 bits per heavy atom. The van der Waals surface area contributed by atoms with E-state index in [2.05, 4.69) is 31.4 Å². The molecule has 1 fully saturated rings. The van der Waals surface area contributed by atoms with Crippen LogP contribution >= 0.6 is 24.8 Å². The molecule has 4 heteroatoms. The van der Waals surface area contributed by atoms with Gasteiger partial charge in [0.25, 0.3) is 0 Å². The number of rotatable bonds is 3. The van der Waals surface area contributed by atoms with E-state index in [1.165, 1.54) is 32.1 Å². The summed E-state index contributed by atoms with van der Waals surface area (Å²) in [6, 6.07) is 0. The number of nitrogens with one attached hydrogen (secondary N) is 1. The van der Waals surface area contributed by atoms with Gasteiger partial charge in [0.2, 0.25) is 0 Å². The molecule has 0 radical (unpaired) electrons. The fourth-order valence-electron chi connectivity index (χ4n) is 2.32. The molecule has 0 atom stereocenters. The summed E-state index contributed by atoms with van der Waals surface area (Å²) >= 11 is 0. The Morgan fingerprint density at radius 3 is 1.93 bits per heavy atom. The van der Waals surface area contributed by atoms with Crippen LogP contribution in [0.5, 0.6) is 0 Å². The monoisotopic (exact) mass is 242 g/mol. The van der Waals surface area contributed by atoms with Gasteiger partial charge in [0.15, 0.2) is 0 Å². The fourth-order valence-corrected chi connectivity index (χ4v) is 2.32. The zero-order valence-corrected chi connectivity index (χ0v) is 11.1. The van der Waals surface area contributed by atoms with Crippen LogP contribution < -0.4 is 5.32 Å². The average molecular weight is 243 g/mol. The van der Waals surface area contributed by atoms with Crippen LogP contribution in [0, 0.1) is 0 Å². The van der Waals surface area contributed by atoms with Crippen LogP contribution in [-0.2, 0) is 0 Å². The maximum Gasteiger partial charge on any atom is 0.0327 e. The molecule has 14 heavy (non-hydrogen) atoms. The predicted molar refractivity (Wildman–Crippen MR) is 67.9 cm³/mol. The summed E-state index contributed by atoms with van der Waals surface area (Å²) in [6.45, 7) is 1.14. The van der Waals surface area contributed by atoms with E-state index in [4.69, 9.17) is 0 Å². The van der Waals surface area contributed by atoms with E-state index in [0.717, 1.165) is 6.54 Å². The highest BCUT2D eigenvalue weighted by molar-refractivity contribution is 5.85. The SMILES string of the molecule is CNCC1(N(C)C)CCCCC1.Cl.Cl. The molecule has 0 saturated heterocycles. The van der Waals surface area contributed by atoms with Gasteiger partial charge in [-0.3, -0.25) is 0 Å². The van der Waals surface area contributed by atoms with Crippen molar-refractivity contribution in [1.82, 2.24) is 10.2 Å². The van der Waals surface area contributed by atoms with E-state index >= 15 is 0 Å². The molecule has 88 valence electrons. The summed E-state index contributed by atoms with van der Waals surface area (Å²) < 4.78 is 0. The molecule has 0 heterocycles. The fraction of sp³-hybridized carbons (Fsp3) is 1.00. The maximum atomic E-state index is 3.32. The molecule has 0 amide bonds. The van der Waals surface area contributed by atoms with Crippen molar-refractivity contribution in [2.45, 2.75) is 37.6 Å². The highest BCUT2D eigenvalue weighted by Gasteiger charge is 2.32. The Kier molecular flexibility index (Phi) is 9.36. The quantitative estimate of drug-likeness (QED) is 0.818. The van der Waals surface area contributed by atoms with Crippen LogP contribution in [0.25, 0.3) is 0 Å². The van der Waals surface area contributed by atoms with Gasteiger partial charge in [0, 0.05) is 12.1 Å². The number of hydrogen-bond donors (Lipinski definition) is 1. The third kappa shape index (κ3) is 3.93. The summed E-state index contributed by atoms with van der Waals surface area (Å²) in [5.74, 6) is 0. The van der Waals surface area contributed by atoms with E-state index in [9.17, 15) is 0 Å². The van der Waals surface area contributed by atoms with Gasteiger partial charge >= 0.3 is 0 Å². The first-order chi connectivity index (χ1) is 5.71. The zero-order valence-electron chi connectivity index (χ0n) is 9.51. The largest absolute Gasteiger partial charge is 0.318 e. The van der Waals surface area contributed by atoms with Crippen molar-refractivity contribution in [2.24, 2.45) is 0 Å². The van der Waals surface area contributed by atoms with Gasteiger partial charge in [-0.1, -0.05) is 19.3 Å². The molecule has 1 aliphatic carbocycles. The van der Waals surface area contributed by atoms with E-state index < -0.39 is 0 Å². The van der Waals surface area contributed by atoms with Crippen molar-refractivity contribution < 1.29 is 0 Å². The second kappa shape index (κ2) is 7.75. The molecule has 1 saturated carbocycles. The summed E-state index contributed by atoms with van der Waals surface area (Å²) in [5.41, 5.74) is 0.451. The van der Waals surface area contributed by atoms with Crippen molar-refractivity contribution in [3.63, 3.8) is 0 Å². The molecule has 0 aliphatic heterocycles. The van der Waals surface area contributed by atoms with Gasteiger partial charge < -0.3 is 10.2 Å². The van der Waals surface area contributed by atoms with Crippen LogP contribution in [0.15, 0.2) is 0 Å². The smallest absolute Gasteiger partial charge is 0.0327 e. The lowest BCUT2D eigenvalue weighted by molar-refractivity contribution is 0.101. The molecule has 0 aromatic carbocycles. The average Bonchev–Trinajstić information content (AvgIpc) is 2.06. The number of nitrogens with zero attached hydrogens (tertiary/aromatic N) is 1. The van der Waals surface area contributed by atoms with Gasteiger partial charge in [0.1, 0.15) is 0 Å². The van der Waals surface area contributed by atoms with Crippen LogP contribution in [0.2, 0.25) is 0 Å². The molecule has 0 aromatic heterocycles. The lowest BCUT2D eigenvalue weighted by Gasteiger charge is -2.43. The molecule has 1 rings (SSSR count).